The summed E-state index contributed by atoms with van der Waals surface area (Å²) in [5.74, 6) is 0.295. The summed E-state index contributed by atoms with van der Waals surface area (Å²) in [7, 11) is 0. The van der Waals surface area contributed by atoms with Crippen LogP contribution in [0.4, 0.5) is 0 Å². The zero-order valence-electron chi connectivity index (χ0n) is 5.85. The molecule has 1 N–H and O–H groups in total. The van der Waals surface area contributed by atoms with Crippen molar-refractivity contribution in [2.24, 2.45) is 0 Å². The molecule has 3 nitrogen and oxygen atoms in total. The number of carbonyl (C=O) groups excluding carboxylic acids is 1. The fraction of sp³-hybridized carbons (Fsp3) is 0.429. The number of nitrogens with zero attached hydrogens (tertiary/aromatic N) is 1. The molecule has 1 heterocycles. The van der Waals surface area contributed by atoms with Gasteiger partial charge in [0.2, 0.25) is 0 Å². The zero-order chi connectivity index (χ0) is 7.40. The lowest BCUT2D eigenvalue weighted by Gasteiger charge is -1.85. The van der Waals surface area contributed by atoms with Crippen LogP contribution in [0.3, 0.4) is 0 Å². The van der Waals surface area contributed by atoms with Gasteiger partial charge in [0.25, 0.3) is 6.29 Å². The summed E-state index contributed by atoms with van der Waals surface area (Å²) < 4.78 is 0. The molecule has 1 radical (unpaired) electrons. The summed E-state index contributed by atoms with van der Waals surface area (Å²) in [6.45, 7) is 2.07. The average molecular weight is 137 g/mol. The zero-order valence-corrected chi connectivity index (χ0v) is 5.85. The summed E-state index contributed by atoms with van der Waals surface area (Å²) in [6.07, 6.45) is 5.39. The van der Waals surface area contributed by atoms with E-state index in [9.17, 15) is 4.79 Å². The van der Waals surface area contributed by atoms with E-state index in [4.69, 9.17) is 0 Å². The van der Waals surface area contributed by atoms with Crippen LogP contribution in [0, 0.1) is 0 Å². The van der Waals surface area contributed by atoms with E-state index in [2.05, 4.69) is 16.9 Å². The van der Waals surface area contributed by atoms with E-state index in [1.807, 2.05) is 0 Å². The SMILES string of the molecule is CCCc1c[nH]c([C]=O)n1. The minimum atomic E-state index is 0.295. The first-order chi connectivity index (χ1) is 4.86. The van der Waals surface area contributed by atoms with Crippen LogP contribution >= 0.6 is 0 Å². The molecule has 0 aliphatic rings. The first kappa shape index (κ1) is 6.99. The predicted molar refractivity (Wildman–Crippen MR) is 37.4 cm³/mol. The lowest BCUT2D eigenvalue weighted by Crippen LogP contribution is -1.84. The Morgan fingerprint density at radius 1 is 1.80 bits per heavy atom. The molecule has 0 unspecified atom stereocenters. The highest BCUT2D eigenvalue weighted by Crippen LogP contribution is 1.97. The van der Waals surface area contributed by atoms with Gasteiger partial charge in [0.15, 0.2) is 5.82 Å². The Kier molecular flexibility index (Phi) is 2.20. The normalized spacial score (nSPS) is 9.70. The molecule has 0 aromatic carbocycles. The molecule has 0 amide bonds. The van der Waals surface area contributed by atoms with E-state index >= 15 is 0 Å². The molecule has 0 aliphatic heterocycles. The molecule has 0 bridgehead atoms. The van der Waals surface area contributed by atoms with Crippen LogP contribution in [-0.4, -0.2) is 16.3 Å². The van der Waals surface area contributed by atoms with Crippen LogP contribution < -0.4 is 0 Å². The second kappa shape index (κ2) is 3.15. The summed E-state index contributed by atoms with van der Waals surface area (Å²) in [6, 6.07) is 0. The van der Waals surface area contributed by atoms with E-state index in [1.54, 1.807) is 12.5 Å². The highest BCUT2D eigenvalue weighted by molar-refractivity contribution is 5.69. The number of nitrogens with one attached hydrogen (secondary N) is 1. The number of hydrogen-bond donors (Lipinski definition) is 1. The first-order valence-corrected chi connectivity index (χ1v) is 3.29. The molecule has 53 valence electrons. The molecule has 0 spiro atoms. The number of imidazole rings is 1. The van der Waals surface area contributed by atoms with Gasteiger partial charge in [0.05, 0.1) is 5.69 Å². The van der Waals surface area contributed by atoms with Crippen molar-refractivity contribution in [3.8, 4) is 0 Å². The number of aryl methyl sites for hydroxylation is 1. The molecular formula is C7H9N2O. The largest absolute Gasteiger partial charge is 0.341 e. The van der Waals surface area contributed by atoms with Crippen molar-refractivity contribution >= 4 is 6.29 Å². The van der Waals surface area contributed by atoms with Crippen LogP contribution in [0.5, 0.6) is 0 Å². The number of aromatic nitrogens is 2. The van der Waals surface area contributed by atoms with Crippen molar-refractivity contribution in [1.29, 1.82) is 0 Å². The third-order valence-corrected chi connectivity index (χ3v) is 1.23. The second-order valence-corrected chi connectivity index (χ2v) is 2.09. The van der Waals surface area contributed by atoms with E-state index in [0.29, 0.717) is 5.82 Å². The summed E-state index contributed by atoms with van der Waals surface area (Å²) >= 11 is 0. The van der Waals surface area contributed by atoms with Crippen LogP contribution in [-0.2, 0) is 11.2 Å². The van der Waals surface area contributed by atoms with Gasteiger partial charge in [0.1, 0.15) is 0 Å². The first-order valence-electron chi connectivity index (χ1n) is 3.29. The summed E-state index contributed by atoms with van der Waals surface area (Å²) in [5.41, 5.74) is 0.931. The van der Waals surface area contributed by atoms with Crippen molar-refractivity contribution in [3.63, 3.8) is 0 Å². The Hall–Kier alpha value is -1.12. The monoisotopic (exact) mass is 137 g/mol. The number of aromatic amines is 1. The standard InChI is InChI=1S/C7H9N2O/c1-2-3-6-4-8-7(5-10)9-6/h4H,2-3H2,1H3,(H,8,9). The second-order valence-electron chi connectivity index (χ2n) is 2.09. The molecule has 0 saturated carbocycles. The van der Waals surface area contributed by atoms with Crippen molar-refractivity contribution in [1.82, 2.24) is 9.97 Å². The predicted octanol–water partition coefficient (Wildman–Crippen LogP) is 0.820. The minimum absolute atomic E-state index is 0.295. The molecule has 0 aliphatic carbocycles. The summed E-state index contributed by atoms with van der Waals surface area (Å²) in [5, 5.41) is 0. The van der Waals surface area contributed by atoms with Crippen molar-refractivity contribution in [3.05, 3.63) is 17.7 Å². The molecule has 0 atom stereocenters. The maximum atomic E-state index is 10.0. The van der Waals surface area contributed by atoms with Crippen LogP contribution in [0.15, 0.2) is 6.20 Å². The maximum Gasteiger partial charge on any atom is 0.271 e. The number of hydrogen-bond acceptors (Lipinski definition) is 2. The Morgan fingerprint density at radius 3 is 3.10 bits per heavy atom. The fourth-order valence-electron chi connectivity index (χ4n) is 0.796. The van der Waals surface area contributed by atoms with Gasteiger partial charge in [-0.2, -0.15) is 0 Å². The molecule has 0 fully saturated rings. The van der Waals surface area contributed by atoms with Gasteiger partial charge < -0.3 is 4.98 Å². The quantitative estimate of drug-likeness (QED) is 0.670. The average Bonchev–Trinajstić information content (AvgIpc) is 2.37. The van der Waals surface area contributed by atoms with Gasteiger partial charge in [-0.25, -0.2) is 4.98 Å². The molecule has 1 aromatic heterocycles. The van der Waals surface area contributed by atoms with E-state index in [0.717, 1.165) is 18.5 Å². The van der Waals surface area contributed by atoms with Crippen molar-refractivity contribution < 1.29 is 4.79 Å². The Labute approximate surface area is 59.5 Å². The maximum absolute atomic E-state index is 10.0. The molecular weight excluding hydrogens is 128 g/mol. The highest BCUT2D eigenvalue weighted by Gasteiger charge is 1.97. The minimum Gasteiger partial charge on any atom is -0.341 e. The molecule has 0 saturated heterocycles. The van der Waals surface area contributed by atoms with Crippen LogP contribution in [0.2, 0.25) is 0 Å². The topological polar surface area (TPSA) is 45.8 Å². The molecule has 10 heavy (non-hydrogen) atoms. The lowest BCUT2D eigenvalue weighted by atomic mass is 10.3. The van der Waals surface area contributed by atoms with Crippen molar-refractivity contribution in [2.45, 2.75) is 19.8 Å². The van der Waals surface area contributed by atoms with Crippen molar-refractivity contribution in [2.75, 3.05) is 0 Å². The Balaban J connectivity index is 2.68. The molecule has 1 rings (SSSR count). The third-order valence-electron chi connectivity index (χ3n) is 1.23. The third kappa shape index (κ3) is 1.43. The number of H-pyrrole nitrogens is 1. The van der Waals surface area contributed by atoms with Gasteiger partial charge in [-0.05, 0) is 6.42 Å². The van der Waals surface area contributed by atoms with Gasteiger partial charge in [0, 0.05) is 6.20 Å². The molecule has 1 aromatic rings. The van der Waals surface area contributed by atoms with Gasteiger partial charge in [-0.1, -0.05) is 13.3 Å². The van der Waals surface area contributed by atoms with E-state index in [-0.39, 0.29) is 0 Å². The fourth-order valence-corrected chi connectivity index (χ4v) is 0.796. The van der Waals surface area contributed by atoms with E-state index < -0.39 is 0 Å². The lowest BCUT2D eigenvalue weighted by molar-refractivity contribution is 0.560. The summed E-state index contributed by atoms with van der Waals surface area (Å²) in [4.78, 5) is 16.7. The van der Waals surface area contributed by atoms with Gasteiger partial charge in [-0.15, -0.1) is 0 Å². The van der Waals surface area contributed by atoms with E-state index in [1.165, 1.54) is 0 Å². The Bertz CT molecular complexity index is 217. The Morgan fingerprint density at radius 2 is 2.60 bits per heavy atom. The van der Waals surface area contributed by atoms with Gasteiger partial charge >= 0.3 is 0 Å². The highest BCUT2D eigenvalue weighted by atomic mass is 16.1. The van der Waals surface area contributed by atoms with Crippen LogP contribution in [0.1, 0.15) is 24.9 Å². The van der Waals surface area contributed by atoms with Crippen LogP contribution in [0.25, 0.3) is 0 Å². The van der Waals surface area contributed by atoms with Gasteiger partial charge in [-0.3, -0.25) is 4.79 Å². The molecule has 3 heteroatoms. The smallest absolute Gasteiger partial charge is 0.271 e. The number of rotatable bonds is 3.